The highest BCUT2D eigenvalue weighted by Gasteiger charge is 2.68. The van der Waals surface area contributed by atoms with Crippen LogP contribution in [0.1, 0.15) is 59.8 Å². The van der Waals surface area contributed by atoms with Crippen LogP contribution in [0.2, 0.25) is 0 Å². The smallest absolute Gasteiger partial charge is 0.303 e. The monoisotopic (exact) mass is 448 g/mol. The van der Waals surface area contributed by atoms with Crippen LogP contribution in [0.25, 0.3) is 0 Å². The average Bonchev–Trinajstić information content (AvgIpc) is 2.97. The first kappa shape index (κ1) is 22.7. The second kappa shape index (κ2) is 7.55. The molecule has 0 saturated heterocycles. The van der Waals surface area contributed by atoms with Gasteiger partial charge in [0.2, 0.25) is 0 Å². The van der Waals surface area contributed by atoms with Crippen molar-refractivity contribution >= 4 is 29.1 Å². The molecule has 0 aromatic heterocycles. The summed E-state index contributed by atoms with van der Waals surface area (Å²) in [7, 11) is 1.68. The number of halogens is 1. The molecule has 0 aliphatic heterocycles. The van der Waals surface area contributed by atoms with E-state index in [0.717, 1.165) is 24.8 Å². The zero-order chi connectivity index (χ0) is 22.8. The Morgan fingerprint density at radius 3 is 2.45 bits per heavy atom. The van der Waals surface area contributed by atoms with E-state index in [1.165, 1.54) is 6.92 Å². The number of allylic oxidation sites excluding steroid dienone is 4. The molecule has 170 valence electrons. The number of esters is 1. The topological polar surface area (TPSA) is 69.7 Å². The second-order valence-corrected chi connectivity index (χ2v) is 10.8. The van der Waals surface area contributed by atoms with E-state index in [-0.39, 0.29) is 34.7 Å². The number of carbonyl (C=O) groups is 3. The number of hydrogen-bond acceptors (Lipinski definition) is 5. The SMILES string of the molecule is COC[C@H]1CC(=O)C=C2C(Cl)=C[C@@H]3[C@H](CC[C@@]4(C)[C@H]3CC[C@]4(OC(C)=O)C(C)=O)[C@]21C. The molecule has 31 heavy (non-hydrogen) atoms. The zero-order valence-electron chi connectivity index (χ0n) is 19.1. The molecule has 4 rings (SSSR count). The van der Waals surface area contributed by atoms with Crippen LogP contribution in [-0.2, 0) is 23.9 Å². The number of fused-ring (bicyclic) bond motifs is 5. The van der Waals surface area contributed by atoms with Gasteiger partial charge in [0.05, 0.1) is 6.61 Å². The maximum Gasteiger partial charge on any atom is 0.303 e. The van der Waals surface area contributed by atoms with Gasteiger partial charge in [-0.2, -0.15) is 0 Å². The Kier molecular flexibility index (Phi) is 5.54. The second-order valence-electron chi connectivity index (χ2n) is 10.4. The fourth-order valence-corrected chi connectivity index (χ4v) is 8.16. The third kappa shape index (κ3) is 3.02. The number of Topliss-reactive ketones (excluding diaryl/α,β-unsaturated/α-hetero) is 1. The summed E-state index contributed by atoms with van der Waals surface area (Å²) >= 11 is 6.83. The Bertz CT molecular complexity index is 890. The maximum absolute atomic E-state index is 12.9. The molecule has 0 N–H and O–H groups in total. The lowest BCUT2D eigenvalue weighted by Gasteiger charge is -2.59. The van der Waals surface area contributed by atoms with Crippen molar-refractivity contribution in [3.05, 3.63) is 22.8 Å². The molecule has 4 aliphatic rings. The molecular weight excluding hydrogens is 416 g/mol. The van der Waals surface area contributed by atoms with Crippen LogP contribution in [0.15, 0.2) is 22.8 Å². The van der Waals surface area contributed by atoms with Crippen LogP contribution < -0.4 is 0 Å². The summed E-state index contributed by atoms with van der Waals surface area (Å²) in [6.07, 6.45) is 7.38. The van der Waals surface area contributed by atoms with E-state index in [1.54, 1.807) is 20.1 Å². The van der Waals surface area contributed by atoms with Gasteiger partial charge in [-0.15, -0.1) is 0 Å². The molecule has 6 heteroatoms. The predicted molar refractivity (Wildman–Crippen MR) is 117 cm³/mol. The minimum atomic E-state index is -1.07. The predicted octanol–water partition coefficient (Wildman–Crippen LogP) is 4.62. The molecule has 4 aliphatic carbocycles. The molecule has 0 heterocycles. The first-order chi connectivity index (χ1) is 14.5. The van der Waals surface area contributed by atoms with Crippen molar-refractivity contribution in [2.75, 3.05) is 13.7 Å². The third-order valence-electron chi connectivity index (χ3n) is 9.25. The molecule has 2 fully saturated rings. The van der Waals surface area contributed by atoms with Gasteiger partial charge in [-0.05, 0) is 67.9 Å². The van der Waals surface area contributed by atoms with Crippen LogP contribution in [0, 0.1) is 34.5 Å². The summed E-state index contributed by atoms with van der Waals surface area (Å²) in [6.45, 7) is 7.81. The normalized spacial score (nSPS) is 43.9. The first-order valence-electron chi connectivity index (χ1n) is 11.3. The molecule has 0 spiro atoms. The van der Waals surface area contributed by atoms with E-state index in [0.29, 0.717) is 30.4 Å². The Morgan fingerprint density at radius 2 is 1.84 bits per heavy atom. The Morgan fingerprint density at radius 1 is 1.16 bits per heavy atom. The lowest BCUT2D eigenvalue weighted by molar-refractivity contribution is -0.185. The highest BCUT2D eigenvalue weighted by molar-refractivity contribution is 6.32. The molecule has 5 nitrogen and oxygen atoms in total. The number of rotatable bonds is 4. The van der Waals surface area contributed by atoms with Crippen molar-refractivity contribution in [2.45, 2.75) is 65.4 Å². The fourth-order valence-electron chi connectivity index (χ4n) is 7.76. The van der Waals surface area contributed by atoms with Gasteiger partial charge in [0.1, 0.15) is 0 Å². The van der Waals surface area contributed by atoms with Crippen molar-refractivity contribution in [2.24, 2.45) is 34.5 Å². The van der Waals surface area contributed by atoms with Gasteiger partial charge in [-0.1, -0.05) is 31.5 Å². The summed E-state index contributed by atoms with van der Waals surface area (Å²) in [5.74, 6) is 0.347. The number of ketones is 2. The van der Waals surface area contributed by atoms with Gasteiger partial charge < -0.3 is 9.47 Å². The molecule has 2 saturated carbocycles. The van der Waals surface area contributed by atoms with Gasteiger partial charge in [-0.25, -0.2) is 0 Å². The van der Waals surface area contributed by atoms with E-state index >= 15 is 0 Å². The van der Waals surface area contributed by atoms with Gasteiger partial charge in [0.25, 0.3) is 0 Å². The van der Waals surface area contributed by atoms with Crippen LogP contribution in [-0.4, -0.2) is 36.9 Å². The van der Waals surface area contributed by atoms with Crippen molar-refractivity contribution < 1.29 is 23.9 Å². The number of ether oxygens (including phenoxy) is 2. The largest absolute Gasteiger partial charge is 0.451 e. The molecule has 0 aromatic carbocycles. The molecule has 0 unspecified atom stereocenters. The Hall–Kier alpha value is -1.46. The van der Waals surface area contributed by atoms with Gasteiger partial charge >= 0.3 is 5.97 Å². The van der Waals surface area contributed by atoms with E-state index in [9.17, 15) is 14.4 Å². The van der Waals surface area contributed by atoms with Gasteiger partial charge in [0, 0.05) is 36.3 Å². The van der Waals surface area contributed by atoms with Crippen LogP contribution in [0.5, 0.6) is 0 Å². The van der Waals surface area contributed by atoms with Crippen molar-refractivity contribution in [1.82, 2.24) is 0 Å². The lowest BCUT2D eigenvalue weighted by Crippen LogP contribution is -2.59. The average molecular weight is 449 g/mol. The maximum atomic E-state index is 12.9. The molecular formula is C25H33ClO5. The number of carbonyl (C=O) groups excluding carboxylic acids is 3. The highest BCUT2D eigenvalue weighted by Crippen LogP contribution is 2.68. The minimum absolute atomic E-state index is 0.0654. The lowest BCUT2D eigenvalue weighted by atomic mass is 9.46. The fraction of sp³-hybridized carbons (Fsp3) is 0.720. The molecule has 0 radical (unpaired) electrons. The summed E-state index contributed by atoms with van der Waals surface area (Å²) in [5, 5.41) is 0.648. The van der Waals surface area contributed by atoms with E-state index < -0.39 is 17.0 Å². The van der Waals surface area contributed by atoms with Crippen molar-refractivity contribution in [3.8, 4) is 0 Å². The van der Waals surface area contributed by atoms with E-state index in [4.69, 9.17) is 21.1 Å². The van der Waals surface area contributed by atoms with E-state index in [2.05, 4.69) is 19.9 Å². The van der Waals surface area contributed by atoms with Crippen LogP contribution >= 0.6 is 11.6 Å². The standard InChI is InChI=1S/C25H33ClO5/c1-14(27)25(31-15(2)28)9-7-19-18-12-22(26)21-11-17(29)10-16(13-30-5)24(21,4)20(18)6-8-23(19,25)3/h11-12,16,18-20H,6-10,13H2,1-5H3/t16-,18+,19+,20+,23+,24-,25+/m1/s1. The third-order valence-corrected chi connectivity index (χ3v) is 9.58. The highest BCUT2D eigenvalue weighted by atomic mass is 35.5. The summed E-state index contributed by atoms with van der Waals surface area (Å²) in [6, 6.07) is 0. The number of hydrogen-bond donors (Lipinski definition) is 0. The van der Waals surface area contributed by atoms with E-state index in [1.807, 2.05) is 0 Å². The number of methoxy groups -OCH3 is 1. The summed E-state index contributed by atoms with van der Waals surface area (Å²) in [5.41, 5.74) is -0.823. The minimum Gasteiger partial charge on any atom is -0.451 e. The molecule has 7 atom stereocenters. The van der Waals surface area contributed by atoms with Crippen LogP contribution in [0.3, 0.4) is 0 Å². The quantitative estimate of drug-likeness (QED) is 0.586. The molecule has 0 bridgehead atoms. The van der Waals surface area contributed by atoms with Crippen molar-refractivity contribution in [3.63, 3.8) is 0 Å². The van der Waals surface area contributed by atoms with Crippen molar-refractivity contribution in [1.29, 1.82) is 0 Å². The summed E-state index contributed by atoms with van der Waals surface area (Å²) in [4.78, 5) is 37.3. The van der Waals surface area contributed by atoms with Gasteiger partial charge in [-0.3, -0.25) is 14.4 Å². The van der Waals surface area contributed by atoms with Crippen LogP contribution in [0.4, 0.5) is 0 Å². The first-order valence-corrected chi connectivity index (χ1v) is 11.7. The summed E-state index contributed by atoms with van der Waals surface area (Å²) < 4.78 is 11.4. The Labute approximate surface area is 189 Å². The molecule has 0 amide bonds. The Balaban J connectivity index is 1.81. The van der Waals surface area contributed by atoms with Gasteiger partial charge in [0.15, 0.2) is 17.2 Å². The molecule has 0 aromatic rings. The zero-order valence-corrected chi connectivity index (χ0v) is 19.9.